The Balaban J connectivity index is 1.17. The third kappa shape index (κ3) is 9.65. The summed E-state index contributed by atoms with van der Waals surface area (Å²) in [6.07, 6.45) is 6.70. The Morgan fingerprint density at radius 3 is 2.47 bits per heavy atom. The zero-order chi connectivity index (χ0) is 35.0. The summed E-state index contributed by atoms with van der Waals surface area (Å²) in [6.45, 7) is 8.57. The van der Waals surface area contributed by atoms with E-state index in [-0.39, 0.29) is 11.0 Å². The number of carbonyl (C=O) groups excluding carboxylic acids is 1. The van der Waals surface area contributed by atoms with Crippen molar-refractivity contribution < 1.29 is 22.7 Å². The number of unbranched alkanes of at least 4 members (excludes halogenated alkanes) is 1. The van der Waals surface area contributed by atoms with Gasteiger partial charge in [0, 0.05) is 64.1 Å². The van der Waals surface area contributed by atoms with E-state index in [0.717, 1.165) is 76.9 Å². The number of aromatic nitrogens is 2. The first-order valence-corrected chi connectivity index (χ1v) is 18.9. The number of methoxy groups -OCH3 is 1. The smallest absolute Gasteiger partial charge is 0.320 e. The van der Waals surface area contributed by atoms with Crippen LogP contribution in [0.1, 0.15) is 32.6 Å². The predicted octanol–water partition coefficient (Wildman–Crippen LogP) is 4.95. The maximum atomic E-state index is 12.2. The van der Waals surface area contributed by atoms with Crippen LogP contribution in [0.15, 0.2) is 48.7 Å². The fourth-order valence-corrected chi connectivity index (χ4v) is 6.76. The molecule has 1 aromatic heterocycles. The summed E-state index contributed by atoms with van der Waals surface area (Å²) in [5, 5.41) is 6.67. The van der Waals surface area contributed by atoms with E-state index in [0.29, 0.717) is 53.8 Å². The molecular weight excluding hydrogens is 668 g/mol. The lowest BCUT2D eigenvalue weighted by molar-refractivity contribution is -0.145. The van der Waals surface area contributed by atoms with E-state index in [2.05, 4.69) is 48.3 Å². The van der Waals surface area contributed by atoms with Crippen LogP contribution in [0.2, 0.25) is 5.02 Å². The lowest BCUT2D eigenvalue weighted by atomic mass is 10.0. The van der Waals surface area contributed by atoms with Gasteiger partial charge in [0.25, 0.3) is 0 Å². The molecule has 3 heterocycles. The van der Waals surface area contributed by atoms with Gasteiger partial charge in [-0.15, -0.1) is 0 Å². The van der Waals surface area contributed by atoms with Crippen LogP contribution in [0.5, 0.6) is 5.75 Å². The van der Waals surface area contributed by atoms with E-state index in [1.807, 2.05) is 12.1 Å². The number of ether oxygens (including phenoxy) is 2. The second-order valence-electron chi connectivity index (χ2n) is 12.4. The lowest BCUT2D eigenvalue weighted by Crippen LogP contribution is -2.54. The Kier molecular flexibility index (Phi) is 12.4. The van der Waals surface area contributed by atoms with Crippen molar-refractivity contribution in [1.82, 2.24) is 19.8 Å². The Labute approximate surface area is 294 Å². The first kappa shape index (κ1) is 36.4. The molecule has 15 heteroatoms. The number of para-hydroxylation sites is 2. The molecule has 2 aliphatic heterocycles. The van der Waals surface area contributed by atoms with Crippen LogP contribution in [0.25, 0.3) is 0 Å². The van der Waals surface area contributed by atoms with Gasteiger partial charge in [-0.2, -0.15) is 4.98 Å². The Bertz CT molecular complexity index is 1680. The number of sulfonamides is 1. The minimum atomic E-state index is -3.48. The number of piperidine rings is 1. The molecule has 0 spiro atoms. The highest BCUT2D eigenvalue weighted by Gasteiger charge is 2.28. The molecule has 2 saturated heterocycles. The van der Waals surface area contributed by atoms with E-state index in [1.54, 1.807) is 31.4 Å². The molecule has 13 nitrogen and oxygen atoms in total. The van der Waals surface area contributed by atoms with Gasteiger partial charge in [-0.05, 0) is 43.5 Å². The van der Waals surface area contributed by atoms with E-state index < -0.39 is 10.0 Å². The summed E-state index contributed by atoms with van der Waals surface area (Å²) in [5.74, 6) is 1.14. The maximum absolute atomic E-state index is 12.2. The second-order valence-corrected chi connectivity index (χ2v) is 14.8. The molecule has 0 bridgehead atoms. The van der Waals surface area contributed by atoms with Crippen molar-refractivity contribution in [3.63, 3.8) is 0 Å². The molecule has 2 N–H and O–H groups in total. The largest absolute Gasteiger partial charge is 0.494 e. The predicted molar refractivity (Wildman–Crippen MR) is 195 cm³/mol. The standard InChI is InChI=1S/C34H47ClN8O5S/c1-5-6-21-48-32(44)24-41-17-19-43(20-18-41)25-13-15-42(16-14-25)26-11-12-29(31(22-26)47-3)38-34-36-23-27(35)33(39-34)37-28-9-7-8-10-30(28)40(2)49(4,45)46/h7-12,22-23,25H,5-6,13-21,24H2,1-4H3,(H2,36,37,38,39). The zero-order valence-electron chi connectivity index (χ0n) is 28.7. The summed E-state index contributed by atoms with van der Waals surface area (Å²) >= 11 is 6.44. The number of esters is 1. The number of carbonyl (C=O) groups is 1. The summed E-state index contributed by atoms with van der Waals surface area (Å²) in [5.41, 5.74) is 2.75. The SMILES string of the molecule is CCCCOC(=O)CN1CCN(C2CCN(c3ccc(Nc4ncc(Cl)c(Nc5ccccc5N(C)S(C)(=O)=O)n4)c(OC)c3)CC2)CC1. The maximum Gasteiger partial charge on any atom is 0.320 e. The monoisotopic (exact) mass is 714 g/mol. The van der Waals surface area contributed by atoms with Crippen molar-refractivity contribution in [2.24, 2.45) is 0 Å². The number of rotatable bonds is 14. The molecule has 266 valence electrons. The first-order chi connectivity index (χ1) is 23.5. The molecule has 0 unspecified atom stereocenters. The fourth-order valence-electron chi connectivity index (χ4n) is 6.11. The fraction of sp³-hybridized carbons (Fsp3) is 0.500. The Morgan fingerprint density at radius 2 is 1.78 bits per heavy atom. The van der Waals surface area contributed by atoms with Gasteiger partial charge in [-0.25, -0.2) is 13.4 Å². The van der Waals surface area contributed by atoms with Gasteiger partial charge in [0.05, 0.1) is 49.8 Å². The molecule has 0 saturated carbocycles. The van der Waals surface area contributed by atoms with Crippen LogP contribution in [0.4, 0.5) is 34.5 Å². The van der Waals surface area contributed by atoms with Crippen LogP contribution >= 0.6 is 11.6 Å². The van der Waals surface area contributed by atoms with Crippen molar-refractivity contribution in [3.8, 4) is 5.75 Å². The molecule has 0 amide bonds. The summed E-state index contributed by atoms with van der Waals surface area (Å²) in [7, 11) is -0.365. The Hall–Kier alpha value is -3.85. The van der Waals surface area contributed by atoms with Gasteiger partial charge in [0.15, 0.2) is 5.82 Å². The number of nitrogens with one attached hydrogen (secondary N) is 2. The molecule has 5 rings (SSSR count). The van der Waals surface area contributed by atoms with Crippen LogP contribution in [0, 0.1) is 0 Å². The third-order valence-corrected chi connectivity index (χ3v) is 10.5. The first-order valence-electron chi connectivity index (χ1n) is 16.7. The summed E-state index contributed by atoms with van der Waals surface area (Å²) < 4.78 is 36.7. The molecule has 0 aliphatic carbocycles. The zero-order valence-corrected chi connectivity index (χ0v) is 30.3. The van der Waals surface area contributed by atoms with Gasteiger partial charge in [0.2, 0.25) is 16.0 Å². The molecule has 2 fully saturated rings. The lowest BCUT2D eigenvalue weighted by Gasteiger charge is -2.43. The molecule has 3 aromatic rings. The van der Waals surface area contributed by atoms with Gasteiger partial charge in [-0.1, -0.05) is 37.1 Å². The molecule has 2 aromatic carbocycles. The van der Waals surface area contributed by atoms with E-state index in [4.69, 9.17) is 21.1 Å². The Morgan fingerprint density at radius 1 is 1.04 bits per heavy atom. The normalized spacial score (nSPS) is 16.3. The van der Waals surface area contributed by atoms with E-state index >= 15 is 0 Å². The van der Waals surface area contributed by atoms with Crippen LogP contribution in [0.3, 0.4) is 0 Å². The van der Waals surface area contributed by atoms with Crippen molar-refractivity contribution in [3.05, 3.63) is 53.7 Å². The van der Waals surface area contributed by atoms with Gasteiger partial charge in [0.1, 0.15) is 10.8 Å². The highest BCUT2D eigenvalue weighted by Crippen LogP contribution is 2.35. The number of nitrogens with zero attached hydrogens (tertiary/aromatic N) is 6. The highest BCUT2D eigenvalue weighted by atomic mass is 35.5. The van der Waals surface area contributed by atoms with Crippen LogP contribution < -0.4 is 24.6 Å². The molecule has 2 aliphatic rings. The molecule has 0 radical (unpaired) electrons. The molecule has 0 atom stereocenters. The third-order valence-electron chi connectivity index (χ3n) is 9.04. The van der Waals surface area contributed by atoms with Gasteiger partial charge < -0.3 is 25.0 Å². The van der Waals surface area contributed by atoms with Crippen molar-refractivity contribution in [2.75, 3.05) is 92.7 Å². The molecule has 49 heavy (non-hydrogen) atoms. The minimum Gasteiger partial charge on any atom is -0.494 e. The minimum absolute atomic E-state index is 0.118. The number of benzene rings is 2. The highest BCUT2D eigenvalue weighted by molar-refractivity contribution is 7.92. The number of anilines is 6. The average molecular weight is 715 g/mol. The van der Waals surface area contributed by atoms with Crippen LogP contribution in [-0.4, -0.2) is 113 Å². The number of piperazine rings is 1. The van der Waals surface area contributed by atoms with Crippen LogP contribution in [-0.2, 0) is 19.6 Å². The summed E-state index contributed by atoms with van der Waals surface area (Å²) in [4.78, 5) is 28.2. The van der Waals surface area contributed by atoms with Gasteiger partial charge >= 0.3 is 5.97 Å². The van der Waals surface area contributed by atoms with Crippen molar-refractivity contribution in [1.29, 1.82) is 0 Å². The number of halogens is 1. The number of hydrogen-bond acceptors (Lipinski definition) is 12. The molecular formula is C34H47ClN8O5S. The topological polar surface area (TPSA) is 132 Å². The number of hydrogen-bond donors (Lipinski definition) is 2. The second kappa shape index (κ2) is 16.7. The van der Waals surface area contributed by atoms with Crippen molar-refractivity contribution >= 4 is 62.1 Å². The quantitative estimate of drug-likeness (QED) is 0.173. The van der Waals surface area contributed by atoms with E-state index in [1.165, 1.54) is 17.5 Å². The average Bonchev–Trinajstić information content (AvgIpc) is 3.10. The summed E-state index contributed by atoms with van der Waals surface area (Å²) in [6, 6.07) is 13.6. The van der Waals surface area contributed by atoms with E-state index in [9.17, 15) is 13.2 Å². The van der Waals surface area contributed by atoms with Crippen molar-refractivity contribution in [2.45, 2.75) is 38.6 Å². The van der Waals surface area contributed by atoms with Gasteiger partial charge in [-0.3, -0.25) is 18.9 Å².